The first-order chi connectivity index (χ1) is 12.7. The van der Waals surface area contributed by atoms with Crippen molar-refractivity contribution in [1.29, 1.82) is 0 Å². The van der Waals surface area contributed by atoms with E-state index in [1.54, 1.807) is 12.1 Å². The van der Waals surface area contributed by atoms with Gasteiger partial charge in [-0.05, 0) is 36.4 Å². The summed E-state index contributed by atoms with van der Waals surface area (Å²) in [6.07, 6.45) is -3.78. The van der Waals surface area contributed by atoms with Gasteiger partial charge in [0.25, 0.3) is 5.91 Å². The van der Waals surface area contributed by atoms with Crippen molar-refractivity contribution in [1.82, 2.24) is 9.78 Å². The zero-order valence-electron chi connectivity index (χ0n) is 13.9. The van der Waals surface area contributed by atoms with Crippen molar-refractivity contribution >= 4 is 11.6 Å². The number of carbonyl (C=O) groups excluding carboxylic acids is 1. The highest BCUT2D eigenvalue weighted by atomic mass is 19.4. The molecule has 140 valence electrons. The average molecular weight is 379 g/mol. The summed E-state index contributed by atoms with van der Waals surface area (Å²) in [7, 11) is 1.29. The van der Waals surface area contributed by atoms with Gasteiger partial charge in [0, 0.05) is 13.2 Å². The molecule has 9 heteroatoms. The fraction of sp³-hybridized carbons (Fsp3) is 0.111. The molecule has 2 aromatic carbocycles. The minimum atomic E-state index is -4.77. The second-order valence-electron chi connectivity index (χ2n) is 5.57. The van der Waals surface area contributed by atoms with Crippen LogP contribution in [0.15, 0.2) is 54.7 Å². The zero-order valence-corrected chi connectivity index (χ0v) is 13.9. The first-order valence-corrected chi connectivity index (χ1v) is 7.68. The lowest BCUT2D eigenvalue weighted by Crippen LogP contribution is -2.18. The van der Waals surface area contributed by atoms with Crippen LogP contribution in [0.3, 0.4) is 0 Å². The Kier molecular flexibility index (Phi) is 4.85. The number of benzene rings is 2. The Hall–Kier alpha value is -3.36. The summed E-state index contributed by atoms with van der Waals surface area (Å²) in [5.74, 6) is -0.934. The molecule has 0 unspecified atom stereocenters. The molecule has 0 aliphatic carbocycles. The van der Waals surface area contributed by atoms with Crippen LogP contribution in [0.5, 0.6) is 11.5 Å². The quantitative estimate of drug-likeness (QED) is 0.673. The molecule has 0 radical (unpaired) electrons. The smallest absolute Gasteiger partial charge is 0.435 e. The first-order valence-electron chi connectivity index (χ1n) is 7.68. The van der Waals surface area contributed by atoms with Gasteiger partial charge in [-0.25, -0.2) is 4.39 Å². The molecule has 0 aliphatic heterocycles. The van der Waals surface area contributed by atoms with Crippen LogP contribution in [0.25, 0.3) is 0 Å². The van der Waals surface area contributed by atoms with Crippen LogP contribution in [0.1, 0.15) is 16.1 Å². The fourth-order valence-corrected chi connectivity index (χ4v) is 2.34. The molecule has 1 aromatic heterocycles. The van der Waals surface area contributed by atoms with Gasteiger partial charge in [0.1, 0.15) is 11.6 Å². The number of amides is 1. The van der Waals surface area contributed by atoms with E-state index in [-0.39, 0.29) is 11.4 Å². The Morgan fingerprint density at radius 1 is 1.11 bits per heavy atom. The molecule has 0 bridgehead atoms. The lowest BCUT2D eigenvalue weighted by Gasteiger charge is -2.12. The molecule has 0 aliphatic rings. The molecule has 0 saturated heterocycles. The molecule has 1 N–H and O–H groups in total. The van der Waals surface area contributed by atoms with Gasteiger partial charge >= 0.3 is 6.18 Å². The number of para-hydroxylation sites is 2. The lowest BCUT2D eigenvalue weighted by atomic mass is 10.2. The summed E-state index contributed by atoms with van der Waals surface area (Å²) < 4.78 is 58.6. The van der Waals surface area contributed by atoms with Crippen LogP contribution in [-0.4, -0.2) is 15.7 Å². The molecular formula is C18H13F4N3O2. The van der Waals surface area contributed by atoms with Crippen LogP contribution in [-0.2, 0) is 13.2 Å². The Morgan fingerprint density at radius 3 is 2.44 bits per heavy atom. The van der Waals surface area contributed by atoms with Gasteiger partial charge in [0.05, 0.1) is 11.3 Å². The third-order valence-electron chi connectivity index (χ3n) is 3.52. The molecule has 27 heavy (non-hydrogen) atoms. The number of ether oxygens (including phenoxy) is 1. The van der Waals surface area contributed by atoms with E-state index in [2.05, 4.69) is 10.4 Å². The molecule has 0 saturated carbocycles. The molecular weight excluding hydrogens is 366 g/mol. The first kappa shape index (κ1) is 18.4. The van der Waals surface area contributed by atoms with Gasteiger partial charge in [-0.3, -0.25) is 9.48 Å². The molecule has 0 atom stereocenters. The van der Waals surface area contributed by atoms with Crippen molar-refractivity contribution in [2.45, 2.75) is 6.18 Å². The Balaban J connectivity index is 1.86. The second kappa shape index (κ2) is 7.10. The summed E-state index contributed by atoms with van der Waals surface area (Å²) >= 11 is 0. The monoisotopic (exact) mass is 379 g/mol. The predicted octanol–water partition coefficient (Wildman–Crippen LogP) is 4.62. The molecule has 3 rings (SSSR count). The summed E-state index contributed by atoms with van der Waals surface area (Å²) in [4.78, 5) is 12.4. The number of anilines is 1. The van der Waals surface area contributed by atoms with E-state index < -0.39 is 29.2 Å². The fourth-order valence-electron chi connectivity index (χ4n) is 2.34. The van der Waals surface area contributed by atoms with Crippen molar-refractivity contribution < 1.29 is 27.1 Å². The third-order valence-corrected chi connectivity index (χ3v) is 3.52. The van der Waals surface area contributed by atoms with Crippen LogP contribution in [0.4, 0.5) is 23.2 Å². The van der Waals surface area contributed by atoms with E-state index in [0.29, 0.717) is 5.75 Å². The van der Waals surface area contributed by atoms with Crippen LogP contribution >= 0.6 is 0 Å². The topological polar surface area (TPSA) is 56.2 Å². The average Bonchev–Trinajstić information content (AvgIpc) is 3.01. The van der Waals surface area contributed by atoms with Gasteiger partial charge in [0.2, 0.25) is 0 Å². The van der Waals surface area contributed by atoms with E-state index in [1.807, 2.05) is 0 Å². The van der Waals surface area contributed by atoms with Gasteiger partial charge in [-0.15, -0.1) is 0 Å². The van der Waals surface area contributed by atoms with E-state index >= 15 is 0 Å². The molecule has 1 heterocycles. The predicted molar refractivity (Wildman–Crippen MR) is 89.1 cm³/mol. The van der Waals surface area contributed by atoms with Gasteiger partial charge < -0.3 is 10.1 Å². The Labute approximate surface area is 151 Å². The molecule has 3 aromatic rings. The van der Waals surface area contributed by atoms with E-state index in [9.17, 15) is 22.4 Å². The number of hydrogen-bond donors (Lipinski definition) is 1. The second-order valence-corrected chi connectivity index (χ2v) is 5.57. The van der Waals surface area contributed by atoms with E-state index in [1.165, 1.54) is 43.4 Å². The third kappa shape index (κ3) is 4.25. The van der Waals surface area contributed by atoms with E-state index in [0.717, 1.165) is 10.9 Å². The molecule has 1 amide bonds. The van der Waals surface area contributed by atoms with Crippen LogP contribution < -0.4 is 10.1 Å². The Morgan fingerprint density at radius 2 is 1.78 bits per heavy atom. The van der Waals surface area contributed by atoms with Crippen LogP contribution in [0.2, 0.25) is 0 Å². The number of carbonyl (C=O) groups is 1. The van der Waals surface area contributed by atoms with Crippen molar-refractivity contribution in [2.24, 2.45) is 7.05 Å². The Bertz CT molecular complexity index is 965. The summed E-state index contributed by atoms with van der Waals surface area (Å²) in [5, 5.41) is 5.70. The molecule has 0 spiro atoms. The maximum absolute atomic E-state index is 13.0. The lowest BCUT2D eigenvalue weighted by molar-refractivity contribution is -0.141. The number of alkyl halides is 3. The summed E-state index contributed by atoms with van der Waals surface area (Å²) in [5.41, 5.74) is -1.73. The summed E-state index contributed by atoms with van der Waals surface area (Å²) in [6.45, 7) is 0. The number of halogens is 4. The highest BCUT2D eigenvalue weighted by Crippen LogP contribution is 2.33. The number of aryl methyl sites for hydroxylation is 1. The van der Waals surface area contributed by atoms with Crippen molar-refractivity contribution in [2.75, 3.05) is 5.32 Å². The van der Waals surface area contributed by atoms with Gasteiger partial charge in [-0.2, -0.15) is 18.3 Å². The van der Waals surface area contributed by atoms with Crippen molar-refractivity contribution in [3.63, 3.8) is 0 Å². The largest absolute Gasteiger partial charge is 0.455 e. The highest BCUT2D eigenvalue weighted by molar-refractivity contribution is 6.05. The minimum absolute atomic E-state index is 0.156. The standard InChI is InChI=1S/C18H13F4N3O2/c1-25-10-13(16(24-25)18(20,21)22)17(26)23-14-4-2-3-5-15(14)27-12-8-6-11(19)7-9-12/h2-10H,1H3,(H,23,26). The number of aromatic nitrogens is 2. The van der Waals surface area contributed by atoms with Gasteiger partial charge in [-0.1, -0.05) is 12.1 Å². The number of nitrogens with one attached hydrogen (secondary N) is 1. The molecule has 0 fully saturated rings. The number of hydrogen-bond acceptors (Lipinski definition) is 3. The normalized spacial score (nSPS) is 11.3. The van der Waals surface area contributed by atoms with E-state index in [4.69, 9.17) is 4.74 Å². The van der Waals surface area contributed by atoms with Gasteiger partial charge in [0.15, 0.2) is 11.4 Å². The van der Waals surface area contributed by atoms with Crippen LogP contribution in [0, 0.1) is 5.82 Å². The SMILES string of the molecule is Cn1cc(C(=O)Nc2ccccc2Oc2ccc(F)cc2)c(C(F)(F)F)n1. The summed E-state index contributed by atoms with van der Waals surface area (Å²) in [6, 6.07) is 11.4. The minimum Gasteiger partial charge on any atom is -0.455 e. The molecule has 5 nitrogen and oxygen atoms in total. The highest BCUT2D eigenvalue weighted by Gasteiger charge is 2.39. The van der Waals surface area contributed by atoms with Crippen molar-refractivity contribution in [3.05, 3.63) is 71.8 Å². The maximum atomic E-state index is 13.0. The maximum Gasteiger partial charge on any atom is 0.435 e. The zero-order chi connectivity index (χ0) is 19.6. The van der Waals surface area contributed by atoms with Crippen molar-refractivity contribution in [3.8, 4) is 11.5 Å². The number of nitrogens with zero attached hydrogens (tertiary/aromatic N) is 2. The number of rotatable bonds is 4.